The average molecular weight is 244 g/mol. The topological polar surface area (TPSA) is 0 Å². The smallest absolute Gasteiger partial charge is 0.00727 e. The Balaban J connectivity index is 2.39. The molecule has 0 bridgehead atoms. The zero-order valence-electron chi connectivity index (χ0n) is 12.6. The van der Waals surface area contributed by atoms with Crippen LogP contribution in [0.2, 0.25) is 0 Å². The van der Waals surface area contributed by atoms with Crippen LogP contribution in [0.3, 0.4) is 0 Å². The highest BCUT2D eigenvalue weighted by molar-refractivity contribution is 5.42. The Morgan fingerprint density at radius 3 is 2.61 bits per heavy atom. The van der Waals surface area contributed by atoms with Gasteiger partial charge in [0.15, 0.2) is 0 Å². The first-order chi connectivity index (χ1) is 8.54. The Morgan fingerprint density at radius 1 is 1.22 bits per heavy atom. The maximum absolute atomic E-state index is 2.50. The highest BCUT2D eigenvalue weighted by Gasteiger charge is 2.34. The van der Waals surface area contributed by atoms with E-state index < -0.39 is 0 Å². The minimum atomic E-state index is 0.582. The predicted octanol–water partition coefficient (Wildman–Crippen LogP) is 5.38. The number of fused-ring (bicyclic) bond motifs is 1. The van der Waals surface area contributed by atoms with E-state index in [1.807, 2.05) is 0 Å². The maximum atomic E-state index is 2.50. The fourth-order valence-electron chi connectivity index (χ4n) is 3.48. The number of allylic oxidation sites excluding steroid dienone is 6. The van der Waals surface area contributed by atoms with E-state index in [-0.39, 0.29) is 0 Å². The molecule has 0 aromatic rings. The van der Waals surface area contributed by atoms with Crippen LogP contribution in [-0.2, 0) is 0 Å². The van der Waals surface area contributed by atoms with Crippen LogP contribution in [0.5, 0.6) is 0 Å². The minimum Gasteiger partial charge on any atom is -0.0779 e. The van der Waals surface area contributed by atoms with Gasteiger partial charge in [0, 0.05) is 0 Å². The van der Waals surface area contributed by atoms with Gasteiger partial charge in [-0.3, -0.25) is 0 Å². The summed E-state index contributed by atoms with van der Waals surface area (Å²) in [5.74, 6) is 3.69. The van der Waals surface area contributed by atoms with Crippen LogP contribution in [0.4, 0.5) is 0 Å². The van der Waals surface area contributed by atoms with Gasteiger partial charge >= 0.3 is 0 Å². The van der Waals surface area contributed by atoms with Crippen LogP contribution in [-0.4, -0.2) is 0 Å². The molecule has 0 aliphatic heterocycles. The van der Waals surface area contributed by atoms with Gasteiger partial charge in [-0.2, -0.15) is 0 Å². The van der Waals surface area contributed by atoms with Gasteiger partial charge in [-0.15, -0.1) is 0 Å². The van der Waals surface area contributed by atoms with Crippen LogP contribution in [0, 0.1) is 29.6 Å². The molecular weight excluding hydrogens is 216 g/mol. The standard InChI is InChI=1S/C18H28/c1-6-13(3)17-11-14(4)15(5)18-10-12(2)8-7-9-16(17)18/h7-10,12-15,17H,6,11H2,1-5H3. The molecule has 5 unspecified atom stereocenters. The average Bonchev–Trinajstić information content (AvgIpc) is 2.54. The van der Waals surface area contributed by atoms with Crippen molar-refractivity contribution in [1.82, 2.24) is 0 Å². The van der Waals surface area contributed by atoms with Crippen molar-refractivity contribution in [3.05, 3.63) is 35.5 Å². The van der Waals surface area contributed by atoms with Gasteiger partial charge in [0.1, 0.15) is 0 Å². The van der Waals surface area contributed by atoms with E-state index in [0.29, 0.717) is 5.92 Å². The maximum Gasteiger partial charge on any atom is -0.00727 e. The highest BCUT2D eigenvalue weighted by Crippen LogP contribution is 2.46. The summed E-state index contributed by atoms with van der Waals surface area (Å²) in [7, 11) is 0. The molecule has 0 amide bonds. The summed E-state index contributed by atoms with van der Waals surface area (Å²) >= 11 is 0. The van der Waals surface area contributed by atoms with Gasteiger partial charge in [-0.25, -0.2) is 0 Å². The lowest BCUT2D eigenvalue weighted by molar-refractivity contribution is 0.258. The fourth-order valence-corrected chi connectivity index (χ4v) is 3.48. The molecule has 0 spiro atoms. The minimum absolute atomic E-state index is 0.582. The van der Waals surface area contributed by atoms with E-state index in [9.17, 15) is 0 Å². The van der Waals surface area contributed by atoms with E-state index in [4.69, 9.17) is 0 Å². The van der Waals surface area contributed by atoms with Gasteiger partial charge < -0.3 is 0 Å². The summed E-state index contributed by atoms with van der Waals surface area (Å²) in [4.78, 5) is 0. The fraction of sp³-hybridized carbons (Fsp3) is 0.667. The van der Waals surface area contributed by atoms with E-state index in [1.54, 1.807) is 11.1 Å². The first kappa shape index (κ1) is 13.6. The molecule has 1 saturated carbocycles. The molecule has 0 aromatic carbocycles. The van der Waals surface area contributed by atoms with Gasteiger partial charge in [0.05, 0.1) is 0 Å². The Labute approximate surface area is 113 Å². The lowest BCUT2D eigenvalue weighted by Crippen LogP contribution is -2.29. The van der Waals surface area contributed by atoms with Crippen molar-refractivity contribution in [3.63, 3.8) is 0 Å². The number of rotatable bonds is 2. The Hall–Kier alpha value is -0.780. The van der Waals surface area contributed by atoms with Crippen LogP contribution < -0.4 is 0 Å². The third-order valence-corrected chi connectivity index (χ3v) is 5.17. The van der Waals surface area contributed by atoms with Crippen LogP contribution in [0.1, 0.15) is 47.5 Å². The van der Waals surface area contributed by atoms with E-state index in [0.717, 1.165) is 23.7 Å². The molecule has 0 N–H and O–H groups in total. The number of hydrogen-bond donors (Lipinski definition) is 0. The van der Waals surface area contributed by atoms with Crippen molar-refractivity contribution in [2.24, 2.45) is 29.6 Å². The molecule has 0 aromatic heterocycles. The molecule has 2 aliphatic carbocycles. The molecular formula is C18H28. The largest absolute Gasteiger partial charge is 0.0779 e. The molecule has 0 heterocycles. The summed E-state index contributed by atoms with van der Waals surface area (Å²) in [6.45, 7) is 11.9. The van der Waals surface area contributed by atoms with Gasteiger partial charge in [0.2, 0.25) is 0 Å². The van der Waals surface area contributed by atoms with Crippen molar-refractivity contribution in [2.75, 3.05) is 0 Å². The second kappa shape index (κ2) is 5.47. The molecule has 0 saturated heterocycles. The van der Waals surface area contributed by atoms with Crippen LogP contribution in [0.25, 0.3) is 0 Å². The van der Waals surface area contributed by atoms with Gasteiger partial charge in [0.25, 0.3) is 0 Å². The van der Waals surface area contributed by atoms with E-state index >= 15 is 0 Å². The van der Waals surface area contributed by atoms with Crippen molar-refractivity contribution < 1.29 is 0 Å². The molecule has 2 rings (SSSR count). The van der Waals surface area contributed by atoms with Crippen molar-refractivity contribution in [2.45, 2.75) is 47.5 Å². The van der Waals surface area contributed by atoms with Crippen molar-refractivity contribution in [1.29, 1.82) is 0 Å². The zero-order valence-corrected chi connectivity index (χ0v) is 12.6. The molecule has 5 atom stereocenters. The molecule has 0 radical (unpaired) electrons. The lowest BCUT2D eigenvalue weighted by Gasteiger charge is -2.40. The summed E-state index contributed by atoms with van der Waals surface area (Å²) in [6.07, 6.45) is 12.2. The van der Waals surface area contributed by atoms with Crippen LogP contribution >= 0.6 is 0 Å². The summed E-state index contributed by atoms with van der Waals surface area (Å²) in [6, 6.07) is 0. The summed E-state index contributed by atoms with van der Waals surface area (Å²) in [5, 5.41) is 0. The normalized spacial score (nSPS) is 37.4. The highest BCUT2D eigenvalue weighted by atomic mass is 14.4. The third kappa shape index (κ3) is 2.48. The van der Waals surface area contributed by atoms with Gasteiger partial charge in [-0.1, -0.05) is 65.3 Å². The van der Waals surface area contributed by atoms with E-state index in [1.165, 1.54) is 12.8 Å². The number of hydrogen-bond acceptors (Lipinski definition) is 0. The van der Waals surface area contributed by atoms with E-state index in [2.05, 4.69) is 58.9 Å². The monoisotopic (exact) mass is 244 g/mol. The molecule has 0 nitrogen and oxygen atoms in total. The van der Waals surface area contributed by atoms with Crippen molar-refractivity contribution >= 4 is 0 Å². The molecule has 2 aliphatic rings. The molecule has 100 valence electrons. The Bertz CT molecular complexity index is 383. The van der Waals surface area contributed by atoms with Crippen LogP contribution in [0.15, 0.2) is 35.5 Å². The lowest BCUT2D eigenvalue weighted by atomic mass is 9.65. The second-order valence-corrected chi connectivity index (χ2v) is 6.48. The third-order valence-electron chi connectivity index (χ3n) is 5.17. The Morgan fingerprint density at radius 2 is 1.94 bits per heavy atom. The SMILES string of the molecule is CCC(C)C1CC(C)C(C)C2=CC(C)C=CC=C21. The Kier molecular flexibility index (Phi) is 4.14. The summed E-state index contributed by atoms with van der Waals surface area (Å²) in [5.41, 5.74) is 3.27. The second-order valence-electron chi connectivity index (χ2n) is 6.48. The molecule has 18 heavy (non-hydrogen) atoms. The summed E-state index contributed by atoms with van der Waals surface area (Å²) < 4.78 is 0. The molecule has 0 heteroatoms. The first-order valence-electron chi connectivity index (χ1n) is 7.65. The quantitative estimate of drug-likeness (QED) is 0.611. The molecule has 1 fully saturated rings. The van der Waals surface area contributed by atoms with Gasteiger partial charge in [-0.05, 0) is 47.2 Å². The first-order valence-corrected chi connectivity index (χ1v) is 7.65. The predicted molar refractivity (Wildman–Crippen MR) is 80.4 cm³/mol. The van der Waals surface area contributed by atoms with Crippen molar-refractivity contribution in [3.8, 4) is 0 Å². The zero-order chi connectivity index (χ0) is 13.3.